The highest BCUT2D eigenvalue weighted by atomic mass is 32.2. The van der Waals surface area contributed by atoms with Gasteiger partial charge in [0.2, 0.25) is 0 Å². The number of ether oxygens (including phenoxy) is 2. The average Bonchev–Trinajstić information content (AvgIpc) is 3.37. The number of thioether (sulfide) groups is 1. The fraction of sp³-hybridized carbons (Fsp3) is 0.320. The van der Waals surface area contributed by atoms with Gasteiger partial charge in [0, 0.05) is 38.6 Å². The summed E-state index contributed by atoms with van der Waals surface area (Å²) in [6.07, 6.45) is 2.45. The van der Waals surface area contributed by atoms with E-state index in [1.165, 1.54) is 25.6 Å². The van der Waals surface area contributed by atoms with Crippen LogP contribution in [-0.2, 0) is 23.9 Å². The predicted molar refractivity (Wildman–Crippen MR) is 128 cm³/mol. The maximum absolute atomic E-state index is 14.0. The van der Waals surface area contributed by atoms with Gasteiger partial charge < -0.3 is 14.8 Å². The Morgan fingerprint density at radius 3 is 2.42 bits per heavy atom. The average molecular weight is 484 g/mol. The summed E-state index contributed by atoms with van der Waals surface area (Å²) in [4.78, 5) is 41.7. The molecule has 8 heteroatoms. The van der Waals surface area contributed by atoms with E-state index in [0.717, 1.165) is 21.0 Å². The van der Waals surface area contributed by atoms with Crippen LogP contribution in [0.2, 0.25) is 0 Å². The second-order valence-corrected chi connectivity index (χ2v) is 9.80. The van der Waals surface area contributed by atoms with Gasteiger partial charge in [0.15, 0.2) is 5.78 Å². The molecule has 1 aromatic heterocycles. The normalized spacial score (nSPS) is 22.5. The minimum atomic E-state index is -0.973. The number of ketones is 1. The van der Waals surface area contributed by atoms with Gasteiger partial charge in [-0.15, -0.1) is 23.1 Å². The lowest BCUT2D eigenvalue weighted by molar-refractivity contribution is -0.149. The molecule has 6 nitrogen and oxygen atoms in total. The van der Waals surface area contributed by atoms with E-state index in [-0.39, 0.29) is 11.7 Å². The Morgan fingerprint density at radius 2 is 1.85 bits per heavy atom. The lowest BCUT2D eigenvalue weighted by Crippen LogP contribution is -2.43. The van der Waals surface area contributed by atoms with Crippen LogP contribution in [0.15, 0.2) is 69.2 Å². The summed E-state index contributed by atoms with van der Waals surface area (Å²) < 4.78 is 10.1. The Balaban J connectivity index is 1.89. The molecule has 1 N–H and O–H groups in total. The Hall–Kier alpha value is -2.84. The summed E-state index contributed by atoms with van der Waals surface area (Å²) in [5.41, 5.74) is 2.99. The molecule has 0 radical (unpaired) electrons. The zero-order valence-electron chi connectivity index (χ0n) is 18.8. The lowest BCUT2D eigenvalue weighted by atomic mass is 9.68. The molecule has 0 amide bonds. The van der Waals surface area contributed by atoms with E-state index in [1.54, 1.807) is 11.8 Å². The quantitative estimate of drug-likeness (QED) is 0.383. The van der Waals surface area contributed by atoms with Crippen molar-refractivity contribution >= 4 is 40.8 Å². The van der Waals surface area contributed by atoms with Crippen LogP contribution in [0.1, 0.15) is 35.6 Å². The number of Topliss-reactive ketones (excluding diaryl/α,β-unsaturated/α-hetero) is 1. The molecule has 0 saturated carbocycles. The maximum Gasteiger partial charge on any atom is 0.336 e. The number of carbonyl (C=O) groups excluding carboxylic acids is 3. The second kappa shape index (κ2) is 9.57. The van der Waals surface area contributed by atoms with Crippen molar-refractivity contribution in [1.29, 1.82) is 0 Å². The van der Waals surface area contributed by atoms with Crippen molar-refractivity contribution in [3.63, 3.8) is 0 Å². The molecule has 0 spiro atoms. The topological polar surface area (TPSA) is 81.7 Å². The number of methoxy groups -OCH3 is 2. The van der Waals surface area contributed by atoms with Crippen LogP contribution in [0.5, 0.6) is 0 Å². The molecular weight excluding hydrogens is 458 g/mol. The maximum atomic E-state index is 14.0. The molecular formula is C25H25NO5S2. The number of hydrogen-bond acceptors (Lipinski definition) is 8. The van der Waals surface area contributed by atoms with E-state index in [4.69, 9.17) is 9.47 Å². The van der Waals surface area contributed by atoms with Crippen molar-refractivity contribution < 1.29 is 23.9 Å². The van der Waals surface area contributed by atoms with E-state index in [9.17, 15) is 14.4 Å². The van der Waals surface area contributed by atoms with Crippen LogP contribution in [-0.4, -0.2) is 38.2 Å². The third-order valence-electron chi connectivity index (χ3n) is 6.24. The largest absolute Gasteiger partial charge is 0.468 e. The number of esters is 2. The monoisotopic (exact) mass is 483 g/mol. The summed E-state index contributed by atoms with van der Waals surface area (Å²) in [6, 6.07) is 11.6. The first-order valence-corrected chi connectivity index (χ1v) is 12.6. The van der Waals surface area contributed by atoms with Crippen molar-refractivity contribution in [2.45, 2.75) is 30.1 Å². The molecule has 0 saturated heterocycles. The molecule has 0 fully saturated rings. The Morgan fingerprint density at radius 1 is 1.12 bits per heavy atom. The number of dihydropyridines is 1. The molecule has 172 valence electrons. The summed E-state index contributed by atoms with van der Waals surface area (Å²) in [5, 5.41) is 5.23. The number of hydrogen-bond donors (Lipinski definition) is 1. The van der Waals surface area contributed by atoms with Crippen LogP contribution in [0, 0.1) is 5.92 Å². The molecule has 33 heavy (non-hydrogen) atoms. The smallest absolute Gasteiger partial charge is 0.336 e. The Bertz CT molecular complexity index is 1150. The van der Waals surface area contributed by atoms with Gasteiger partial charge in [0.1, 0.15) is 5.92 Å². The van der Waals surface area contributed by atoms with Gasteiger partial charge in [-0.3, -0.25) is 9.59 Å². The third kappa shape index (κ3) is 4.13. The van der Waals surface area contributed by atoms with E-state index in [1.807, 2.05) is 55.0 Å². The van der Waals surface area contributed by atoms with Gasteiger partial charge in [0.25, 0.3) is 0 Å². The fourth-order valence-electron chi connectivity index (χ4n) is 4.71. The van der Waals surface area contributed by atoms with Crippen molar-refractivity contribution in [2.75, 3.05) is 20.5 Å². The van der Waals surface area contributed by atoms with Gasteiger partial charge in [-0.05, 0) is 48.7 Å². The molecule has 1 aromatic carbocycles. The minimum absolute atomic E-state index is 0.318. The molecule has 2 aromatic rings. The summed E-state index contributed by atoms with van der Waals surface area (Å²) in [7, 11) is 2.62. The van der Waals surface area contributed by atoms with Crippen molar-refractivity contribution in [2.24, 2.45) is 5.92 Å². The van der Waals surface area contributed by atoms with Crippen LogP contribution in [0.25, 0.3) is 0 Å². The molecule has 3 atom stereocenters. The SMILES string of the molecule is COC(=O)C1=C(C)NC2=C(C(=O)[C@H](C(=O)OC)[C@H](c3cccs3)C2)[C@@H]1c1ccc(SC)cc1. The van der Waals surface area contributed by atoms with Crippen LogP contribution < -0.4 is 5.32 Å². The fourth-order valence-corrected chi connectivity index (χ4v) is 5.99. The van der Waals surface area contributed by atoms with Crippen LogP contribution in [0.3, 0.4) is 0 Å². The standard InChI is InChI=1S/C25H25NO5S2/c1-13-19(24(28)30-2)20(14-7-9-15(32-4)10-8-14)22-17(26-13)12-16(18-6-5-11-33-18)21(23(22)27)25(29)31-3/h5-11,16,20-21,26H,12H2,1-4H3/t16-,20+,21+/m0/s1. The third-order valence-corrected chi connectivity index (χ3v) is 7.99. The molecule has 1 aliphatic heterocycles. The van der Waals surface area contributed by atoms with E-state index < -0.39 is 23.8 Å². The van der Waals surface area contributed by atoms with Gasteiger partial charge in [-0.25, -0.2) is 4.79 Å². The van der Waals surface area contributed by atoms with Crippen molar-refractivity contribution in [3.8, 4) is 0 Å². The Labute approximate surface area is 201 Å². The molecule has 2 aliphatic rings. The van der Waals surface area contributed by atoms with E-state index >= 15 is 0 Å². The number of rotatable bonds is 5. The van der Waals surface area contributed by atoms with Crippen molar-refractivity contribution in [1.82, 2.24) is 5.32 Å². The number of nitrogens with one attached hydrogen (secondary N) is 1. The summed E-state index contributed by atoms with van der Waals surface area (Å²) in [6.45, 7) is 1.82. The first-order valence-electron chi connectivity index (χ1n) is 10.5. The molecule has 4 rings (SSSR count). The van der Waals surface area contributed by atoms with E-state index in [0.29, 0.717) is 23.3 Å². The summed E-state index contributed by atoms with van der Waals surface area (Å²) >= 11 is 3.13. The number of benzene rings is 1. The molecule has 1 aliphatic carbocycles. The van der Waals surface area contributed by atoms with E-state index in [2.05, 4.69) is 5.32 Å². The summed E-state index contributed by atoms with van der Waals surface area (Å²) in [5.74, 6) is -3.32. The first-order chi connectivity index (χ1) is 15.9. The number of thiophene rings is 1. The molecule has 0 bridgehead atoms. The van der Waals surface area contributed by atoms with Crippen molar-refractivity contribution in [3.05, 3.63) is 74.8 Å². The zero-order valence-corrected chi connectivity index (χ0v) is 20.5. The number of carbonyl (C=O) groups is 3. The lowest BCUT2D eigenvalue weighted by Gasteiger charge is -2.39. The van der Waals surface area contributed by atoms with Gasteiger partial charge in [0.05, 0.1) is 19.8 Å². The minimum Gasteiger partial charge on any atom is -0.468 e. The second-order valence-electron chi connectivity index (χ2n) is 7.94. The first kappa shape index (κ1) is 23.3. The highest BCUT2D eigenvalue weighted by Gasteiger charge is 2.49. The molecule has 0 unspecified atom stereocenters. The predicted octanol–water partition coefficient (Wildman–Crippen LogP) is 4.40. The number of allylic oxidation sites excluding steroid dienone is 3. The van der Waals surface area contributed by atoms with Gasteiger partial charge in [-0.2, -0.15) is 0 Å². The van der Waals surface area contributed by atoms with Gasteiger partial charge in [-0.1, -0.05) is 18.2 Å². The van der Waals surface area contributed by atoms with Gasteiger partial charge >= 0.3 is 11.9 Å². The zero-order chi connectivity index (χ0) is 23.7. The highest BCUT2D eigenvalue weighted by molar-refractivity contribution is 7.98. The Kier molecular flexibility index (Phi) is 6.76. The highest BCUT2D eigenvalue weighted by Crippen LogP contribution is 2.48. The van der Waals surface area contributed by atoms with Crippen LogP contribution in [0.4, 0.5) is 0 Å². The van der Waals surface area contributed by atoms with Crippen LogP contribution >= 0.6 is 23.1 Å². The molecule has 2 heterocycles.